The average molecular weight is 375 g/mol. The minimum absolute atomic E-state index is 0.175. The largest absolute Gasteiger partial charge is 0.314 e. The molecule has 1 heterocycles. The van der Waals surface area contributed by atoms with Crippen molar-refractivity contribution in [3.63, 3.8) is 0 Å². The second-order valence-electron chi connectivity index (χ2n) is 7.65. The van der Waals surface area contributed by atoms with E-state index in [-0.39, 0.29) is 5.41 Å². The topological polar surface area (TPSA) is 15.3 Å². The minimum Gasteiger partial charge on any atom is -0.314 e. The Labute approximate surface area is 161 Å². The molecule has 0 spiro atoms. The molecule has 3 rings (SSSR count). The lowest BCUT2D eigenvalue weighted by Gasteiger charge is -2.43. The van der Waals surface area contributed by atoms with Gasteiger partial charge in [-0.25, -0.2) is 0 Å². The molecule has 25 heavy (non-hydrogen) atoms. The molecule has 0 unspecified atom stereocenters. The Morgan fingerprint density at radius 3 is 2.28 bits per heavy atom. The molecule has 0 amide bonds. The Balaban J connectivity index is 1.94. The molecule has 1 atom stereocenters. The molecule has 1 saturated heterocycles. The predicted octanol–water partition coefficient (Wildman–Crippen LogP) is 5.48. The number of halogens is 1. The minimum atomic E-state index is 0.175. The zero-order chi connectivity index (χ0) is 17.9. The van der Waals surface area contributed by atoms with Crippen LogP contribution in [0.5, 0.6) is 0 Å². The third kappa shape index (κ3) is 4.79. The Bertz CT molecular complexity index is 688. The number of benzene rings is 2. The summed E-state index contributed by atoms with van der Waals surface area (Å²) in [6, 6.07) is 17.4. The molecule has 0 radical (unpaired) electrons. The van der Waals surface area contributed by atoms with Gasteiger partial charge in [0.2, 0.25) is 0 Å². The van der Waals surface area contributed by atoms with Gasteiger partial charge in [0.05, 0.1) is 0 Å². The maximum absolute atomic E-state index is 6.04. The Morgan fingerprint density at radius 1 is 1.00 bits per heavy atom. The lowest BCUT2D eigenvalue weighted by atomic mass is 9.81. The Morgan fingerprint density at radius 2 is 1.64 bits per heavy atom. The second kappa shape index (κ2) is 8.13. The van der Waals surface area contributed by atoms with Crippen LogP contribution in [-0.2, 0) is 0 Å². The predicted molar refractivity (Wildman–Crippen MR) is 109 cm³/mol. The molecule has 2 aromatic rings. The monoisotopic (exact) mass is 374 g/mol. The van der Waals surface area contributed by atoms with Gasteiger partial charge in [0.15, 0.2) is 0 Å². The van der Waals surface area contributed by atoms with E-state index in [2.05, 4.69) is 67.4 Å². The van der Waals surface area contributed by atoms with Crippen LogP contribution in [0.25, 0.3) is 0 Å². The lowest BCUT2D eigenvalue weighted by molar-refractivity contribution is 0.0844. The van der Waals surface area contributed by atoms with Gasteiger partial charge in [0.25, 0.3) is 0 Å². The highest BCUT2D eigenvalue weighted by atomic mass is 35.5. The first-order chi connectivity index (χ1) is 11.9. The zero-order valence-electron chi connectivity index (χ0n) is 15.3. The number of rotatable bonds is 4. The molecular formula is C21H27ClN2S. The van der Waals surface area contributed by atoms with E-state index in [1.54, 1.807) is 0 Å². The van der Waals surface area contributed by atoms with Crippen LogP contribution in [0.2, 0.25) is 5.02 Å². The van der Waals surface area contributed by atoms with E-state index >= 15 is 0 Å². The number of piperazine rings is 1. The van der Waals surface area contributed by atoms with Crippen LogP contribution in [0.3, 0.4) is 0 Å². The van der Waals surface area contributed by atoms with Crippen molar-refractivity contribution in [1.29, 1.82) is 0 Å². The highest BCUT2D eigenvalue weighted by Crippen LogP contribution is 2.43. The normalized spacial score (nSPS) is 17.4. The molecule has 2 nitrogen and oxygen atoms in total. The van der Waals surface area contributed by atoms with Gasteiger partial charge in [-0.1, -0.05) is 62.3 Å². The van der Waals surface area contributed by atoms with Crippen molar-refractivity contribution in [2.24, 2.45) is 5.41 Å². The van der Waals surface area contributed by atoms with Crippen molar-refractivity contribution in [2.45, 2.75) is 36.6 Å². The quantitative estimate of drug-likeness (QED) is 0.762. The van der Waals surface area contributed by atoms with E-state index in [0.29, 0.717) is 6.04 Å². The number of hydrogen-bond donors (Lipinski definition) is 1. The summed E-state index contributed by atoms with van der Waals surface area (Å²) >= 11 is 7.87. The van der Waals surface area contributed by atoms with Crippen LogP contribution in [0.15, 0.2) is 58.3 Å². The fraction of sp³-hybridized carbons (Fsp3) is 0.429. The molecule has 0 saturated carbocycles. The molecular weight excluding hydrogens is 348 g/mol. The standard InChI is InChI=1S/C21H27ClN2S/c1-21(2,3)20(24-14-12-23-13-15-24)18-6-4-5-7-19(18)25-17-10-8-16(22)9-11-17/h4-11,20,23H,12-15H2,1-3H3/t20-/m0/s1. The first-order valence-electron chi connectivity index (χ1n) is 8.92. The summed E-state index contributed by atoms with van der Waals surface area (Å²) in [5.41, 5.74) is 1.60. The van der Waals surface area contributed by atoms with E-state index in [0.717, 1.165) is 31.2 Å². The molecule has 1 N–H and O–H groups in total. The number of nitrogens with one attached hydrogen (secondary N) is 1. The molecule has 1 fully saturated rings. The van der Waals surface area contributed by atoms with Crippen LogP contribution in [0.4, 0.5) is 0 Å². The van der Waals surface area contributed by atoms with E-state index < -0.39 is 0 Å². The molecule has 134 valence electrons. The molecule has 4 heteroatoms. The number of nitrogens with zero attached hydrogens (tertiary/aromatic N) is 1. The molecule has 0 aromatic heterocycles. The van der Waals surface area contributed by atoms with E-state index in [9.17, 15) is 0 Å². The summed E-state index contributed by atoms with van der Waals surface area (Å²) in [6.07, 6.45) is 0. The summed E-state index contributed by atoms with van der Waals surface area (Å²) in [4.78, 5) is 5.20. The van der Waals surface area contributed by atoms with Crippen LogP contribution in [0.1, 0.15) is 32.4 Å². The summed E-state index contributed by atoms with van der Waals surface area (Å²) in [6.45, 7) is 11.4. The summed E-state index contributed by atoms with van der Waals surface area (Å²) in [7, 11) is 0. The van der Waals surface area contributed by atoms with Crippen LogP contribution in [-0.4, -0.2) is 31.1 Å². The van der Waals surface area contributed by atoms with Gasteiger partial charge < -0.3 is 5.32 Å². The van der Waals surface area contributed by atoms with Gasteiger partial charge in [-0.2, -0.15) is 0 Å². The third-order valence-electron chi connectivity index (χ3n) is 4.59. The van der Waals surface area contributed by atoms with Crippen molar-refractivity contribution >= 4 is 23.4 Å². The van der Waals surface area contributed by atoms with Gasteiger partial charge in [-0.15, -0.1) is 0 Å². The fourth-order valence-corrected chi connectivity index (χ4v) is 4.68. The van der Waals surface area contributed by atoms with Crippen LogP contribution < -0.4 is 5.32 Å². The lowest BCUT2D eigenvalue weighted by Crippen LogP contribution is -2.48. The molecule has 1 aliphatic rings. The first kappa shape index (κ1) is 18.8. The molecule has 0 aliphatic carbocycles. The maximum atomic E-state index is 6.04. The average Bonchev–Trinajstić information content (AvgIpc) is 2.58. The Hall–Kier alpha value is -1.00. The van der Waals surface area contributed by atoms with Gasteiger partial charge in [-0.05, 0) is 41.3 Å². The molecule has 1 aliphatic heterocycles. The molecule has 2 aromatic carbocycles. The SMILES string of the molecule is CC(C)(C)[C@H](c1ccccc1Sc1ccc(Cl)cc1)N1CCNCC1. The maximum Gasteiger partial charge on any atom is 0.0408 e. The van der Waals surface area contributed by atoms with Crippen LogP contribution in [0, 0.1) is 5.41 Å². The Kier molecular flexibility index (Phi) is 6.11. The summed E-state index contributed by atoms with van der Waals surface area (Å²) in [5, 5.41) is 4.26. The van der Waals surface area contributed by atoms with Gasteiger partial charge in [0.1, 0.15) is 0 Å². The van der Waals surface area contributed by atoms with Crippen molar-refractivity contribution in [3.05, 3.63) is 59.1 Å². The van der Waals surface area contributed by atoms with Crippen molar-refractivity contribution in [2.75, 3.05) is 26.2 Å². The third-order valence-corrected chi connectivity index (χ3v) is 5.94. The summed E-state index contributed by atoms with van der Waals surface area (Å²) < 4.78 is 0. The number of hydrogen-bond acceptors (Lipinski definition) is 3. The van der Waals surface area contributed by atoms with Crippen molar-refractivity contribution in [3.8, 4) is 0 Å². The van der Waals surface area contributed by atoms with E-state index in [4.69, 9.17) is 11.6 Å². The first-order valence-corrected chi connectivity index (χ1v) is 10.1. The highest BCUT2D eigenvalue weighted by molar-refractivity contribution is 7.99. The smallest absolute Gasteiger partial charge is 0.0408 e. The fourth-order valence-electron chi connectivity index (χ4n) is 3.58. The van der Waals surface area contributed by atoms with Crippen molar-refractivity contribution < 1.29 is 0 Å². The summed E-state index contributed by atoms with van der Waals surface area (Å²) in [5.74, 6) is 0. The van der Waals surface area contributed by atoms with Crippen molar-refractivity contribution in [1.82, 2.24) is 10.2 Å². The van der Waals surface area contributed by atoms with Gasteiger partial charge >= 0.3 is 0 Å². The van der Waals surface area contributed by atoms with Gasteiger partial charge in [0, 0.05) is 47.0 Å². The molecule has 0 bridgehead atoms. The van der Waals surface area contributed by atoms with E-state index in [1.165, 1.54) is 15.4 Å². The van der Waals surface area contributed by atoms with E-state index in [1.807, 2.05) is 23.9 Å². The second-order valence-corrected chi connectivity index (χ2v) is 9.20. The zero-order valence-corrected chi connectivity index (χ0v) is 16.8. The van der Waals surface area contributed by atoms with Gasteiger partial charge in [-0.3, -0.25) is 4.90 Å². The highest BCUT2D eigenvalue weighted by Gasteiger charge is 2.33. The van der Waals surface area contributed by atoms with Crippen LogP contribution >= 0.6 is 23.4 Å².